The molecule has 2 aromatic carbocycles. The molecular weight excluding hydrogens is 372 g/mol. The first-order valence-corrected chi connectivity index (χ1v) is 7.58. The van der Waals surface area contributed by atoms with Crippen LogP contribution < -0.4 is 0 Å². The van der Waals surface area contributed by atoms with E-state index >= 15 is 0 Å². The number of aliphatic hydroxyl groups is 1. The van der Waals surface area contributed by atoms with Crippen molar-refractivity contribution in [2.24, 2.45) is 0 Å². The van der Waals surface area contributed by atoms with Gasteiger partial charge < -0.3 is 24.8 Å². The predicted molar refractivity (Wildman–Crippen MR) is 97.6 cm³/mol. The van der Waals surface area contributed by atoms with Gasteiger partial charge in [-0.1, -0.05) is 0 Å². The van der Waals surface area contributed by atoms with Crippen LogP contribution in [0.25, 0.3) is 0 Å². The second-order valence-corrected chi connectivity index (χ2v) is 4.75. The number of methoxy groups -OCH3 is 2. The number of ether oxygens (including phenoxy) is 2. The molecule has 0 aliphatic rings. The number of carboxylic acids is 2. The Hall–Kier alpha value is -3.72. The molecule has 0 amide bonds. The Kier molecular flexibility index (Phi) is 10.9. The van der Waals surface area contributed by atoms with E-state index in [2.05, 4.69) is 9.47 Å². The number of hydrogen-bond acceptors (Lipinski definition) is 7. The zero-order valence-electron chi connectivity index (χ0n) is 15.4. The summed E-state index contributed by atoms with van der Waals surface area (Å²) < 4.78 is 9.02. The van der Waals surface area contributed by atoms with Gasteiger partial charge in [0, 0.05) is 7.11 Å². The lowest BCUT2D eigenvalue weighted by atomic mass is 10.1. The highest BCUT2D eigenvalue weighted by Crippen LogP contribution is 2.06. The maximum absolute atomic E-state index is 11.0. The monoisotopic (exact) mass is 392 g/mol. The smallest absolute Gasteiger partial charge is 0.337 e. The molecule has 0 heterocycles. The lowest BCUT2D eigenvalue weighted by Gasteiger charge is -2.00. The molecule has 0 bridgehead atoms. The van der Waals surface area contributed by atoms with Crippen LogP contribution in [-0.2, 0) is 9.47 Å². The molecule has 0 saturated carbocycles. The molecule has 9 nitrogen and oxygen atoms in total. The molecule has 0 aliphatic heterocycles. The zero-order chi connectivity index (χ0) is 21.7. The standard InChI is InChI=1S/C10H10O4.C8H6O4.CH4O/c1-13-9(11)7-3-5-8(6-4-7)10(12)14-2;9-7(10)5-1-2-6(4-3-5)8(11)12;1-2/h3-6H,1-2H3;1-4H,(H,9,10)(H,11,12);2H,1H3. The average Bonchev–Trinajstić information content (AvgIpc) is 2.74. The van der Waals surface area contributed by atoms with Gasteiger partial charge in [0.1, 0.15) is 0 Å². The highest BCUT2D eigenvalue weighted by atomic mass is 16.5. The fourth-order valence-corrected chi connectivity index (χ4v) is 1.73. The average molecular weight is 392 g/mol. The SMILES string of the molecule is CO.COC(=O)c1ccc(C(=O)OC)cc1.O=C(O)c1ccc(C(=O)O)cc1. The van der Waals surface area contributed by atoms with Crippen molar-refractivity contribution in [1.82, 2.24) is 0 Å². The molecule has 28 heavy (non-hydrogen) atoms. The number of carbonyl (C=O) groups excluding carboxylic acids is 2. The third-order valence-corrected chi connectivity index (χ3v) is 3.11. The summed E-state index contributed by atoms with van der Waals surface area (Å²) in [7, 11) is 3.60. The van der Waals surface area contributed by atoms with Gasteiger partial charge >= 0.3 is 23.9 Å². The summed E-state index contributed by atoms with van der Waals surface area (Å²) in [6.45, 7) is 0. The van der Waals surface area contributed by atoms with Gasteiger partial charge in [-0.05, 0) is 48.5 Å². The van der Waals surface area contributed by atoms with E-state index in [1.807, 2.05) is 0 Å². The third-order valence-electron chi connectivity index (χ3n) is 3.11. The van der Waals surface area contributed by atoms with E-state index in [4.69, 9.17) is 15.3 Å². The van der Waals surface area contributed by atoms with Gasteiger partial charge in [-0.3, -0.25) is 0 Å². The molecule has 0 aliphatic carbocycles. The number of carboxylic acid groups (broad SMARTS) is 2. The minimum atomic E-state index is -1.06. The van der Waals surface area contributed by atoms with Crippen LogP contribution in [0.4, 0.5) is 0 Å². The summed E-state index contributed by atoms with van der Waals surface area (Å²) in [5, 5.41) is 23.9. The van der Waals surface area contributed by atoms with Crippen molar-refractivity contribution in [3.8, 4) is 0 Å². The summed E-state index contributed by atoms with van der Waals surface area (Å²) in [5.74, 6) is -2.98. The Bertz CT molecular complexity index is 725. The van der Waals surface area contributed by atoms with E-state index in [1.54, 1.807) is 0 Å². The van der Waals surface area contributed by atoms with Crippen LogP contribution in [0, 0.1) is 0 Å². The van der Waals surface area contributed by atoms with Gasteiger partial charge in [-0.25, -0.2) is 19.2 Å². The Balaban J connectivity index is 0.000000483. The quantitative estimate of drug-likeness (QED) is 0.664. The van der Waals surface area contributed by atoms with E-state index in [0.717, 1.165) is 7.11 Å². The summed E-state index contributed by atoms with van der Waals surface area (Å²) in [6, 6.07) is 11.1. The Morgan fingerprint density at radius 3 is 0.964 bits per heavy atom. The number of aliphatic hydroxyl groups excluding tert-OH is 1. The van der Waals surface area contributed by atoms with Crippen molar-refractivity contribution < 1.29 is 44.0 Å². The predicted octanol–water partition coefficient (Wildman–Crippen LogP) is 1.95. The Labute approximate surface area is 160 Å². The number of esters is 2. The Morgan fingerprint density at radius 1 is 0.571 bits per heavy atom. The van der Waals surface area contributed by atoms with Crippen LogP contribution in [-0.4, -0.2) is 60.5 Å². The van der Waals surface area contributed by atoms with Crippen molar-refractivity contribution >= 4 is 23.9 Å². The largest absolute Gasteiger partial charge is 0.478 e. The van der Waals surface area contributed by atoms with Crippen LogP contribution in [0.3, 0.4) is 0 Å². The number of carbonyl (C=O) groups is 4. The number of hydrogen-bond donors (Lipinski definition) is 3. The fourth-order valence-electron chi connectivity index (χ4n) is 1.73. The van der Waals surface area contributed by atoms with Crippen LogP contribution in [0.15, 0.2) is 48.5 Å². The van der Waals surface area contributed by atoms with Crippen LogP contribution in [0.1, 0.15) is 41.4 Å². The first kappa shape index (κ1) is 24.3. The molecule has 9 heteroatoms. The third kappa shape index (κ3) is 7.67. The molecule has 3 N–H and O–H groups in total. The van der Waals surface area contributed by atoms with Crippen LogP contribution in [0.5, 0.6) is 0 Å². The molecule has 0 aromatic heterocycles. The van der Waals surface area contributed by atoms with E-state index in [9.17, 15) is 19.2 Å². The molecule has 0 radical (unpaired) electrons. The topological polar surface area (TPSA) is 147 Å². The van der Waals surface area contributed by atoms with Crippen molar-refractivity contribution in [3.63, 3.8) is 0 Å². The fraction of sp³-hybridized carbons (Fsp3) is 0.158. The lowest BCUT2D eigenvalue weighted by molar-refractivity contribution is 0.0586. The normalized spacial score (nSPS) is 8.86. The summed E-state index contributed by atoms with van der Waals surface area (Å²) in [6.07, 6.45) is 0. The highest BCUT2D eigenvalue weighted by molar-refractivity contribution is 5.93. The van der Waals surface area contributed by atoms with E-state index < -0.39 is 23.9 Å². The van der Waals surface area contributed by atoms with Gasteiger partial charge in [0.2, 0.25) is 0 Å². The van der Waals surface area contributed by atoms with Gasteiger partial charge in [0.25, 0.3) is 0 Å². The number of aromatic carboxylic acids is 2. The summed E-state index contributed by atoms with van der Waals surface area (Å²) in [4.78, 5) is 42.7. The summed E-state index contributed by atoms with van der Waals surface area (Å²) >= 11 is 0. The first-order valence-electron chi connectivity index (χ1n) is 7.58. The van der Waals surface area contributed by atoms with Crippen molar-refractivity contribution in [1.29, 1.82) is 0 Å². The van der Waals surface area contributed by atoms with Crippen molar-refractivity contribution in [3.05, 3.63) is 70.8 Å². The van der Waals surface area contributed by atoms with Gasteiger partial charge in [0.05, 0.1) is 36.5 Å². The Morgan fingerprint density at radius 2 is 0.786 bits per heavy atom. The van der Waals surface area contributed by atoms with Gasteiger partial charge in [-0.2, -0.15) is 0 Å². The molecule has 0 saturated heterocycles. The molecule has 0 atom stereocenters. The number of benzene rings is 2. The first-order chi connectivity index (χ1) is 13.3. The molecule has 0 unspecified atom stereocenters. The van der Waals surface area contributed by atoms with Gasteiger partial charge in [-0.15, -0.1) is 0 Å². The molecule has 2 aromatic rings. The van der Waals surface area contributed by atoms with E-state index in [1.165, 1.54) is 62.8 Å². The van der Waals surface area contributed by atoms with E-state index in [0.29, 0.717) is 11.1 Å². The minimum Gasteiger partial charge on any atom is -0.478 e. The van der Waals surface area contributed by atoms with Crippen molar-refractivity contribution in [2.75, 3.05) is 21.3 Å². The maximum atomic E-state index is 11.0. The van der Waals surface area contributed by atoms with Crippen LogP contribution in [0.2, 0.25) is 0 Å². The van der Waals surface area contributed by atoms with Crippen molar-refractivity contribution in [2.45, 2.75) is 0 Å². The van der Waals surface area contributed by atoms with Crippen LogP contribution >= 0.6 is 0 Å². The van der Waals surface area contributed by atoms with Gasteiger partial charge in [0.15, 0.2) is 0 Å². The second kappa shape index (κ2) is 12.6. The molecule has 0 fully saturated rings. The maximum Gasteiger partial charge on any atom is 0.337 e. The molecule has 0 spiro atoms. The number of rotatable bonds is 4. The lowest BCUT2D eigenvalue weighted by Crippen LogP contribution is -2.04. The molecule has 2 rings (SSSR count). The zero-order valence-corrected chi connectivity index (χ0v) is 15.4. The van der Waals surface area contributed by atoms with E-state index in [-0.39, 0.29) is 11.1 Å². The second-order valence-electron chi connectivity index (χ2n) is 4.75. The molecule has 150 valence electrons. The highest BCUT2D eigenvalue weighted by Gasteiger charge is 2.08. The molecular formula is C19H20O9. The minimum absolute atomic E-state index is 0.0833. The summed E-state index contributed by atoms with van der Waals surface area (Å²) in [5.41, 5.74) is 0.973.